The van der Waals surface area contributed by atoms with Crippen molar-refractivity contribution in [3.05, 3.63) is 58.5 Å². The predicted octanol–water partition coefficient (Wildman–Crippen LogP) is 4.31. The van der Waals surface area contributed by atoms with Gasteiger partial charge in [-0.1, -0.05) is 42.2 Å². The van der Waals surface area contributed by atoms with Crippen molar-refractivity contribution in [2.24, 2.45) is 0 Å². The van der Waals surface area contributed by atoms with Crippen LogP contribution in [0, 0.1) is 0 Å². The monoisotopic (exact) mass is 508 g/mol. The number of rotatable bonds is 9. The van der Waals surface area contributed by atoms with Gasteiger partial charge in [-0.05, 0) is 36.8 Å². The Labute approximate surface area is 202 Å². The number of anilines is 1. The molecule has 8 nitrogen and oxygen atoms in total. The number of carboxylic acid groups (broad SMARTS) is 1. The average Bonchev–Trinajstić information content (AvgIpc) is 3.03. The number of thiocarbonyl (C=S) groups is 1. The molecule has 3 N–H and O–H groups in total. The molecule has 2 amide bonds. The van der Waals surface area contributed by atoms with E-state index in [2.05, 4.69) is 10.1 Å². The number of aromatic carboxylic acids is 1. The molecule has 0 unspecified atom stereocenters. The van der Waals surface area contributed by atoms with Crippen molar-refractivity contribution in [3.63, 3.8) is 0 Å². The maximum absolute atomic E-state index is 12.7. The summed E-state index contributed by atoms with van der Waals surface area (Å²) in [5, 5.41) is 21.1. The molecule has 178 valence electrons. The summed E-state index contributed by atoms with van der Waals surface area (Å²) in [7, 11) is 0. The minimum absolute atomic E-state index is 0.0183. The molecule has 1 saturated heterocycles. The Morgan fingerprint density at radius 1 is 1.24 bits per heavy atom. The van der Waals surface area contributed by atoms with Crippen LogP contribution in [0.4, 0.5) is 14.5 Å². The van der Waals surface area contributed by atoms with Crippen LogP contribution in [0.15, 0.2) is 47.4 Å². The van der Waals surface area contributed by atoms with E-state index >= 15 is 0 Å². The van der Waals surface area contributed by atoms with Crippen LogP contribution in [-0.2, 0) is 9.59 Å². The van der Waals surface area contributed by atoms with E-state index in [1.807, 2.05) is 0 Å². The Morgan fingerprint density at radius 3 is 2.68 bits per heavy atom. The number of nitrogens with zero attached hydrogens (tertiary/aromatic N) is 1. The van der Waals surface area contributed by atoms with Gasteiger partial charge in [0.05, 0.1) is 4.91 Å². The molecule has 3 rings (SSSR count). The van der Waals surface area contributed by atoms with Crippen LogP contribution in [0.1, 0.15) is 28.8 Å². The Balaban J connectivity index is 1.58. The number of halogens is 2. The van der Waals surface area contributed by atoms with Gasteiger partial charge in [0.25, 0.3) is 5.91 Å². The third-order valence-electron chi connectivity index (χ3n) is 4.59. The average molecular weight is 509 g/mol. The van der Waals surface area contributed by atoms with Crippen molar-refractivity contribution in [1.29, 1.82) is 0 Å². The highest BCUT2D eigenvalue weighted by molar-refractivity contribution is 8.26. The lowest BCUT2D eigenvalue weighted by Crippen LogP contribution is -2.29. The zero-order valence-corrected chi connectivity index (χ0v) is 19.0. The number of para-hydroxylation sites is 1. The van der Waals surface area contributed by atoms with E-state index in [-0.39, 0.29) is 45.6 Å². The summed E-state index contributed by atoms with van der Waals surface area (Å²) >= 11 is 6.26. The Hall–Kier alpha value is -3.51. The highest BCUT2D eigenvalue weighted by Gasteiger charge is 2.32. The number of carbonyl (C=O) groups excluding carboxylic acids is 2. The fourth-order valence-electron chi connectivity index (χ4n) is 3.04. The van der Waals surface area contributed by atoms with E-state index in [4.69, 9.17) is 17.3 Å². The normalized spacial score (nSPS) is 14.7. The second kappa shape index (κ2) is 11.1. The summed E-state index contributed by atoms with van der Waals surface area (Å²) < 4.78 is 30.0. The van der Waals surface area contributed by atoms with Gasteiger partial charge in [0.2, 0.25) is 5.91 Å². The minimum atomic E-state index is -3.01. The molecular weight excluding hydrogens is 490 g/mol. The smallest absolute Gasteiger partial charge is 0.387 e. The third-order valence-corrected chi connectivity index (χ3v) is 5.97. The molecular formula is C22H18F2N2O6S2. The molecule has 2 aromatic carbocycles. The number of hydrogen-bond donors (Lipinski definition) is 3. The van der Waals surface area contributed by atoms with Gasteiger partial charge in [-0.25, -0.2) is 4.79 Å². The summed E-state index contributed by atoms with van der Waals surface area (Å²) in [5.41, 5.74) is 0.165. The summed E-state index contributed by atoms with van der Waals surface area (Å²) in [6.07, 6.45) is 1.71. The van der Waals surface area contributed by atoms with Crippen molar-refractivity contribution in [3.8, 4) is 11.5 Å². The van der Waals surface area contributed by atoms with Gasteiger partial charge in [0.15, 0.2) is 0 Å². The van der Waals surface area contributed by atoms with E-state index < -0.39 is 30.1 Å². The van der Waals surface area contributed by atoms with Crippen LogP contribution in [0.2, 0.25) is 0 Å². The number of hydrogen-bond acceptors (Lipinski definition) is 7. The molecule has 1 heterocycles. The molecule has 2 aromatic rings. The first-order chi connectivity index (χ1) is 16.2. The van der Waals surface area contributed by atoms with Crippen molar-refractivity contribution < 1.29 is 38.1 Å². The topological polar surface area (TPSA) is 116 Å². The molecule has 12 heteroatoms. The van der Waals surface area contributed by atoms with Gasteiger partial charge in [-0.2, -0.15) is 8.78 Å². The highest BCUT2D eigenvalue weighted by Crippen LogP contribution is 2.34. The fraction of sp³-hybridized carbons (Fsp3) is 0.182. The SMILES string of the molecule is O=C(CCCN1C(=O)/C(=C/c2ccccc2OC(F)F)SC1=S)Nc1ccc(O)c(C(=O)O)c1. The van der Waals surface area contributed by atoms with Gasteiger partial charge in [-0.15, -0.1) is 0 Å². The number of carbonyl (C=O) groups is 3. The van der Waals surface area contributed by atoms with Gasteiger partial charge in [0.1, 0.15) is 21.4 Å². The standard InChI is InChI=1S/C22H18F2N2O6S2/c23-21(24)32-16-5-2-1-4-12(16)10-17-19(29)26(22(33)34-17)9-3-6-18(28)25-13-7-8-15(27)14(11-13)20(30)31/h1-2,4-5,7-8,10-11,21,27H,3,6,9H2,(H,25,28)(H,30,31)/b17-10-. The molecule has 1 fully saturated rings. The lowest BCUT2D eigenvalue weighted by Gasteiger charge is -2.14. The zero-order chi connectivity index (χ0) is 24.8. The number of ether oxygens (including phenoxy) is 1. The van der Waals surface area contributed by atoms with Crippen LogP contribution < -0.4 is 10.1 Å². The number of phenols is 1. The molecule has 34 heavy (non-hydrogen) atoms. The molecule has 0 aliphatic carbocycles. The molecule has 0 bridgehead atoms. The summed E-state index contributed by atoms with van der Waals surface area (Å²) in [4.78, 5) is 37.6. The van der Waals surface area contributed by atoms with Gasteiger partial charge >= 0.3 is 12.6 Å². The van der Waals surface area contributed by atoms with Gasteiger partial charge in [-0.3, -0.25) is 14.5 Å². The van der Waals surface area contributed by atoms with Crippen molar-refractivity contribution >= 4 is 57.8 Å². The van der Waals surface area contributed by atoms with Gasteiger partial charge < -0.3 is 20.3 Å². The molecule has 0 spiro atoms. The second-order valence-electron chi connectivity index (χ2n) is 6.94. The number of nitrogens with one attached hydrogen (secondary N) is 1. The first-order valence-electron chi connectivity index (χ1n) is 9.81. The Kier molecular flexibility index (Phi) is 8.18. The minimum Gasteiger partial charge on any atom is -0.507 e. The predicted molar refractivity (Wildman–Crippen MR) is 126 cm³/mol. The molecule has 0 radical (unpaired) electrons. The quantitative estimate of drug-likeness (QED) is 0.261. The first-order valence-corrected chi connectivity index (χ1v) is 11.0. The van der Waals surface area contributed by atoms with Gasteiger partial charge in [0, 0.05) is 24.2 Å². The van der Waals surface area contributed by atoms with Crippen LogP contribution >= 0.6 is 24.0 Å². The number of carboxylic acids is 1. The number of amides is 2. The third kappa shape index (κ3) is 6.29. The van der Waals surface area contributed by atoms with Crippen molar-refractivity contribution in [2.75, 3.05) is 11.9 Å². The number of aromatic hydroxyl groups is 1. The van der Waals surface area contributed by atoms with Crippen LogP contribution in [0.3, 0.4) is 0 Å². The number of benzene rings is 2. The summed E-state index contributed by atoms with van der Waals surface area (Å²) in [5.74, 6) is -2.65. The molecule has 0 atom stereocenters. The van der Waals surface area contributed by atoms with E-state index in [1.54, 1.807) is 6.07 Å². The second-order valence-corrected chi connectivity index (χ2v) is 8.61. The molecule has 0 saturated carbocycles. The first kappa shape index (κ1) is 25.1. The van der Waals surface area contributed by atoms with Crippen LogP contribution in [0.25, 0.3) is 6.08 Å². The van der Waals surface area contributed by atoms with E-state index in [9.17, 15) is 28.3 Å². The molecule has 0 aromatic heterocycles. The fourth-order valence-corrected chi connectivity index (χ4v) is 4.34. The van der Waals surface area contributed by atoms with E-state index in [0.717, 1.165) is 23.9 Å². The Bertz CT molecular complexity index is 1170. The highest BCUT2D eigenvalue weighted by atomic mass is 32.2. The van der Waals surface area contributed by atoms with E-state index in [0.29, 0.717) is 5.56 Å². The lowest BCUT2D eigenvalue weighted by atomic mass is 10.1. The lowest BCUT2D eigenvalue weighted by molar-refractivity contribution is -0.122. The number of alkyl halides is 2. The van der Waals surface area contributed by atoms with E-state index in [1.165, 1.54) is 35.2 Å². The van der Waals surface area contributed by atoms with Crippen molar-refractivity contribution in [1.82, 2.24) is 4.90 Å². The van der Waals surface area contributed by atoms with Crippen molar-refractivity contribution in [2.45, 2.75) is 19.5 Å². The summed E-state index contributed by atoms with van der Waals surface area (Å²) in [6, 6.07) is 9.72. The summed E-state index contributed by atoms with van der Waals surface area (Å²) in [6.45, 7) is -2.85. The zero-order valence-electron chi connectivity index (χ0n) is 17.4. The number of thioether (sulfide) groups is 1. The van der Waals surface area contributed by atoms with Crippen LogP contribution in [0.5, 0.6) is 11.5 Å². The Morgan fingerprint density at radius 2 is 1.97 bits per heavy atom. The maximum Gasteiger partial charge on any atom is 0.387 e. The molecule has 1 aliphatic heterocycles. The largest absolute Gasteiger partial charge is 0.507 e. The maximum atomic E-state index is 12.7. The molecule has 1 aliphatic rings. The van der Waals surface area contributed by atoms with Crippen LogP contribution in [-0.4, -0.2) is 50.4 Å².